The van der Waals surface area contributed by atoms with E-state index in [2.05, 4.69) is 12.2 Å². The average Bonchev–Trinajstić information content (AvgIpc) is 3.27. The van der Waals surface area contributed by atoms with Gasteiger partial charge in [-0.15, -0.1) is 0 Å². The maximum absolute atomic E-state index is 12.5. The molecule has 0 radical (unpaired) electrons. The quantitative estimate of drug-likeness (QED) is 0.207. The van der Waals surface area contributed by atoms with E-state index in [4.69, 9.17) is 4.74 Å². The number of unbranched alkanes of at least 4 members (excludes halogenated alkanes) is 10. The van der Waals surface area contributed by atoms with Crippen molar-refractivity contribution in [2.24, 2.45) is 0 Å². The Hall–Kier alpha value is -1.59. The molecule has 0 unspecified atom stereocenters. The summed E-state index contributed by atoms with van der Waals surface area (Å²) in [5.74, 6) is -0.242. The number of esters is 1. The van der Waals surface area contributed by atoms with Crippen molar-refractivity contribution in [2.75, 3.05) is 19.7 Å². The summed E-state index contributed by atoms with van der Waals surface area (Å²) in [6.45, 7) is 5.87. The molecule has 0 aromatic heterocycles. The predicted octanol–water partition coefficient (Wildman–Crippen LogP) is 5.53. The normalized spacial score (nSPS) is 15.7. The van der Waals surface area contributed by atoms with Gasteiger partial charge in [0.2, 0.25) is 11.8 Å². The number of rotatable bonds is 19. The second-order valence-corrected chi connectivity index (χ2v) is 9.20. The Kier molecular flexibility index (Phi) is 16.8. The maximum Gasteiger partial charge on any atom is 0.305 e. The summed E-state index contributed by atoms with van der Waals surface area (Å²) in [6.07, 6.45) is 17.4. The second-order valence-electron chi connectivity index (χ2n) is 9.20. The van der Waals surface area contributed by atoms with Gasteiger partial charge in [-0.25, -0.2) is 0 Å². The Labute approximate surface area is 196 Å². The van der Waals surface area contributed by atoms with Crippen molar-refractivity contribution in [2.45, 2.75) is 129 Å². The van der Waals surface area contributed by atoms with E-state index in [1.165, 1.54) is 57.8 Å². The molecular formula is C26H48N2O4. The van der Waals surface area contributed by atoms with E-state index in [9.17, 15) is 14.4 Å². The van der Waals surface area contributed by atoms with Crippen molar-refractivity contribution < 1.29 is 19.1 Å². The van der Waals surface area contributed by atoms with Gasteiger partial charge < -0.3 is 15.0 Å². The molecule has 0 aromatic rings. The van der Waals surface area contributed by atoms with E-state index in [-0.39, 0.29) is 43.3 Å². The van der Waals surface area contributed by atoms with Gasteiger partial charge >= 0.3 is 5.97 Å². The molecule has 1 heterocycles. The van der Waals surface area contributed by atoms with Gasteiger partial charge in [-0.1, -0.05) is 78.1 Å². The smallest absolute Gasteiger partial charge is 0.305 e. The minimum atomic E-state index is -0.154. The molecule has 1 saturated heterocycles. The summed E-state index contributed by atoms with van der Waals surface area (Å²) in [7, 11) is 0. The minimum Gasteiger partial charge on any atom is -0.463 e. The van der Waals surface area contributed by atoms with Gasteiger partial charge in [0.1, 0.15) is 6.61 Å². The van der Waals surface area contributed by atoms with Crippen LogP contribution in [-0.4, -0.2) is 48.4 Å². The van der Waals surface area contributed by atoms with Gasteiger partial charge in [0.15, 0.2) is 0 Å². The van der Waals surface area contributed by atoms with Crippen LogP contribution in [0.3, 0.4) is 0 Å². The Balaban J connectivity index is 2.06. The van der Waals surface area contributed by atoms with E-state index in [0.29, 0.717) is 19.5 Å². The summed E-state index contributed by atoms with van der Waals surface area (Å²) >= 11 is 0. The predicted molar refractivity (Wildman–Crippen MR) is 129 cm³/mol. The summed E-state index contributed by atoms with van der Waals surface area (Å²) in [5, 5.41) is 2.80. The largest absolute Gasteiger partial charge is 0.463 e. The van der Waals surface area contributed by atoms with Crippen LogP contribution in [-0.2, 0) is 19.1 Å². The topological polar surface area (TPSA) is 75.7 Å². The van der Waals surface area contributed by atoms with Crippen molar-refractivity contribution in [3.63, 3.8) is 0 Å². The summed E-state index contributed by atoms with van der Waals surface area (Å²) in [6, 6.07) is -0.0394. The van der Waals surface area contributed by atoms with Crippen LogP contribution in [0.15, 0.2) is 0 Å². The Morgan fingerprint density at radius 1 is 0.812 bits per heavy atom. The highest BCUT2D eigenvalue weighted by Crippen LogP contribution is 2.19. The van der Waals surface area contributed by atoms with Crippen LogP contribution < -0.4 is 5.32 Å². The third-order valence-electron chi connectivity index (χ3n) is 6.26. The van der Waals surface area contributed by atoms with Gasteiger partial charge in [-0.05, 0) is 25.7 Å². The van der Waals surface area contributed by atoms with E-state index >= 15 is 0 Å². The minimum absolute atomic E-state index is 0.0134. The molecule has 6 nitrogen and oxygen atoms in total. The van der Waals surface area contributed by atoms with Gasteiger partial charge in [-0.3, -0.25) is 14.4 Å². The number of carbonyl (C=O) groups excluding carboxylic acids is 3. The highest BCUT2D eigenvalue weighted by atomic mass is 16.5. The molecule has 1 aliphatic rings. The zero-order chi connectivity index (χ0) is 23.4. The lowest BCUT2D eigenvalue weighted by molar-refractivity contribution is -0.147. The molecule has 0 aromatic carbocycles. The molecule has 1 N–H and O–H groups in total. The molecule has 0 aliphatic carbocycles. The van der Waals surface area contributed by atoms with Crippen molar-refractivity contribution in [1.29, 1.82) is 0 Å². The lowest BCUT2D eigenvalue weighted by Gasteiger charge is -2.24. The van der Waals surface area contributed by atoms with Gasteiger partial charge in [-0.2, -0.15) is 0 Å². The molecular weight excluding hydrogens is 404 g/mol. The molecule has 0 saturated carbocycles. The third-order valence-corrected chi connectivity index (χ3v) is 6.26. The molecule has 0 bridgehead atoms. The fourth-order valence-electron chi connectivity index (χ4n) is 4.25. The summed E-state index contributed by atoms with van der Waals surface area (Å²) in [4.78, 5) is 38.1. The first kappa shape index (κ1) is 28.4. The molecule has 186 valence electrons. The zero-order valence-electron chi connectivity index (χ0n) is 20.8. The first-order chi connectivity index (χ1) is 15.6. The second kappa shape index (κ2) is 18.9. The van der Waals surface area contributed by atoms with Gasteiger partial charge in [0.25, 0.3) is 0 Å². The highest BCUT2D eigenvalue weighted by molar-refractivity contribution is 5.84. The lowest BCUT2D eigenvalue weighted by Crippen LogP contribution is -2.39. The molecule has 1 fully saturated rings. The molecule has 1 rings (SSSR count). The molecule has 6 heteroatoms. The number of ether oxygens (including phenoxy) is 1. The Morgan fingerprint density at radius 3 is 2.06 bits per heavy atom. The summed E-state index contributed by atoms with van der Waals surface area (Å²) < 4.78 is 5.46. The fraction of sp³-hybridized carbons (Fsp3) is 0.885. The average molecular weight is 453 g/mol. The Morgan fingerprint density at radius 2 is 1.44 bits per heavy atom. The molecule has 32 heavy (non-hydrogen) atoms. The van der Waals surface area contributed by atoms with Crippen LogP contribution in [0.4, 0.5) is 0 Å². The number of carbonyl (C=O) groups is 3. The number of likely N-dealkylation sites (tertiary alicyclic amines) is 1. The van der Waals surface area contributed by atoms with Crippen molar-refractivity contribution in [3.8, 4) is 0 Å². The number of nitrogens with zero attached hydrogens (tertiary/aromatic N) is 1. The SMILES string of the molecule is CCCCCCCCCCCCCC(=O)OC[C@@H]1CCCN1C(=O)CCC(=O)NCCC. The standard InChI is InChI=1S/C26H48N2O4/c1-3-5-6-7-8-9-10-11-12-13-14-17-26(31)32-22-23-16-15-21-28(23)25(30)19-18-24(29)27-20-4-2/h23H,3-22H2,1-2H3,(H,27,29)/t23-/m0/s1. The van der Waals surface area contributed by atoms with Crippen LogP contribution in [0.2, 0.25) is 0 Å². The van der Waals surface area contributed by atoms with E-state index < -0.39 is 0 Å². The van der Waals surface area contributed by atoms with Crippen molar-refractivity contribution in [3.05, 3.63) is 0 Å². The highest BCUT2D eigenvalue weighted by Gasteiger charge is 2.29. The number of hydrogen-bond acceptors (Lipinski definition) is 4. The van der Waals surface area contributed by atoms with Gasteiger partial charge in [0, 0.05) is 32.4 Å². The van der Waals surface area contributed by atoms with Crippen molar-refractivity contribution in [1.82, 2.24) is 10.2 Å². The van der Waals surface area contributed by atoms with Crippen LogP contribution in [0, 0.1) is 0 Å². The van der Waals surface area contributed by atoms with Crippen LogP contribution in [0.5, 0.6) is 0 Å². The lowest BCUT2D eigenvalue weighted by atomic mass is 10.1. The monoisotopic (exact) mass is 452 g/mol. The first-order valence-corrected chi connectivity index (χ1v) is 13.3. The molecule has 1 atom stereocenters. The van der Waals surface area contributed by atoms with Gasteiger partial charge in [0.05, 0.1) is 6.04 Å². The van der Waals surface area contributed by atoms with E-state index in [0.717, 1.165) is 32.1 Å². The van der Waals surface area contributed by atoms with E-state index in [1.807, 2.05) is 6.92 Å². The maximum atomic E-state index is 12.5. The van der Waals surface area contributed by atoms with Crippen molar-refractivity contribution >= 4 is 17.8 Å². The number of hydrogen-bond donors (Lipinski definition) is 1. The molecule has 1 aliphatic heterocycles. The zero-order valence-corrected chi connectivity index (χ0v) is 20.8. The summed E-state index contributed by atoms with van der Waals surface area (Å²) in [5.41, 5.74) is 0. The third kappa shape index (κ3) is 13.7. The number of amides is 2. The first-order valence-electron chi connectivity index (χ1n) is 13.3. The van der Waals surface area contributed by atoms with Crippen LogP contribution in [0.25, 0.3) is 0 Å². The number of nitrogens with one attached hydrogen (secondary N) is 1. The molecule has 2 amide bonds. The van der Waals surface area contributed by atoms with E-state index in [1.54, 1.807) is 4.90 Å². The van der Waals surface area contributed by atoms with Crippen LogP contribution >= 0.6 is 0 Å². The molecule has 0 spiro atoms. The van der Waals surface area contributed by atoms with Crippen LogP contribution in [0.1, 0.15) is 123 Å². The fourth-order valence-corrected chi connectivity index (χ4v) is 4.25. The Bertz CT molecular complexity index is 524.